The Morgan fingerprint density at radius 1 is 1.32 bits per heavy atom. The van der Waals surface area contributed by atoms with E-state index in [1.807, 2.05) is 19.3 Å². The minimum absolute atomic E-state index is 0.0988. The predicted molar refractivity (Wildman–Crippen MR) is 75.0 cm³/mol. The van der Waals surface area contributed by atoms with E-state index in [1.54, 1.807) is 28.9 Å². The fourth-order valence-electron chi connectivity index (χ4n) is 1.60. The molecule has 0 fully saturated rings. The van der Waals surface area contributed by atoms with Gasteiger partial charge >= 0.3 is 0 Å². The molecule has 0 aliphatic carbocycles. The zero-order chi connectivity index (χ0) is 13.7. The van der Waals surface area contributed by atoms with Crippen LogP contribution in [0.3, 0.4) is 0 Å². The first-order valence-electron chi connectivity index (χ1n) is 5.88. The van der Waals surface area contributed by atoms with Crippen molar-refractivity contribution in [1.82, 2.24) is 15.1 Å². The molecule has 1 aromatic heterocycles. The lowest BCUT2D eigenvalue weighted by molar-refractivity contribution is -0.115. The minimum atomic E-state index is -0.0988. The number of anilines is 1. The first-order valence-corrected chi connectivity index (χ1v) is 6.26. The largest absolute Gasteiger partial charge is 0.325 e. The van der Waals surface area contributed by atoms with Crippen LogP contribution in [0, 0.1) is 0 Å². The molecule has 0 unspecified atom stereocenters. The van der Waals surface area contributed by atoms with Crippen molar-refractivity contribution in [2.24, 2.45) is 7.05 Å². The van der Waals surface area contributed by atoms with E-state index >= 15 is 0 Å². The van der Waals surface area contributed by atoms with Crippen LogP contribution in [0.2, 0.25) is 5.02 Å². The van der Waals surface area contributed by atoms with E-state index in [4.69, 9.17) is 11.6 Å². The summed E-state index contributed by atoms with van der Waals surface area (Å²) < 4.78 is 1.73. The molecule has 1 amide bonds. The smallest absolute Gasteiger partial charge is 0.238 e. The molecular weight excluding hydrogens is 264 g/mol. The lowest BCUT2D eigenvalue weighted by Crippen LogP contribution is -2.27. The van der Waals surface area contributed by atoms with Crippen molar-refractivity contribution in [2.45, 2.75) is 6.54 Å². The van der Waals surface area contributed by atoms with Gasteiger partial charge in [-0.25, -0.2) is 0 Å². The second-order valence-electron chi connectivity index (χ2n) is 4.14. The summed E-state index contributed by atoms with van der Waals surface area (Å²) in [6.45, 7) is 0.800. The number of amides is 1. The maximum atomic E-state index is 11.7. The van der Waals surface area contributed by atoms with Gasteiger partial charge in [0.05, 0.1) is 12.2 Å². The summed E-state index contributed by atoms with van der Waals surface area (Å²) in [5.41, 5.74) is 1.64. The second-order valence-corrected chi connectivity index (χ2v) is 4.58. The lowest BCUT2D eigenvalue weighted by atomic mass is 10.3. The molecule has 2 aromatic rings. The highest BCUT2D eigenvalue weighted by atomic mass is 35.5. The molecule has 6 heteroatoms. The summed E-state index contributed by atoms with van der Waals surface area (Å²) in [5.74, 6) is -0.0988. The van der Waals surface area contributed by atoms with Crippen LogP contribution in [0.5, 0.6) is 0 Å². The molecule has 0 bridgehead atoms. The molecule has 0 aliphatic heterocycles. The van der Waals surface area contributed by atoms with Gasteiger partial charge in [0, 0.05) is 30.5 Å². The summed E-state index contributed by atoms with van der Waals surface area (Å²) in [7, 11) is 1.86. The van der Waals surface area contributed by atoms with Crippen LogP contribution in [0.4, 0.5) is 5.69 Å². The predicted octanol–water partition coefficient (Wildman–Crippen LogP) is 1.80. The van der Waals surface area contributed by atoms with E-state index in [-0.39, 0.29) is 12.5 Å². The number of carbonyl (C=O) groups excluding carboxylic acids is 1. The van der Waals surface area contributed by atoms with Crippen LogP contribution >= 0.6 is 11.6 Å². The van der Waals surface area contributed by atoms with Crippen LogP contribution in [0.1, 0.15) is 5.69 Å². The van der Waals surface area contributed by atoms with Crippen molar-refractivity contribution < 1.29 is 4.79 Å². The molecule has 100 valence electrons. The van der Waals surface area contributed by atoms with Crippen LogP contribution in [0.15, 0.2) is 36.5 Å². The molecule has 0 spiro atoms. The van der Waals surface area contributed by atoms with Crippen molar-refractivity contribution in [3.05, 3.63) is 47.2 Å². The number of rotatable bonds is 5. The number of hydrogen-bond acceptors (Lipinski definition) is 3. The van der Waals surface area contributed by atoms with Gasteiger partial charge in [0.25, 0.3) is 0 Å². The monoisotopic (exact) mass is 278 g/mol. The Balaban J connectivity index is 1.74. The molecular formula is C13H15ClN4O. The van der Waals surface area contributed by atoms with E-state index < -0.39 is 0 Å². The number of nitrogens with zero attached hydrogens (tertiary/aromatic N) is 2. The van der Waals surface area contributed by atoms with Crippen molar-refractivity contribution in [3.63, 3.8) is 0 Å². The van der Waals surface area contributed by atoms with Gasteiger partial charge in [-0.3, -0.25) is 9.48 Å². The molecule has 1 aromatic carbocycles. The summed E-state index contributed by atoms with van der Waals surface area (Å²) in [5, 5.41) is 10.7. The van der Waals surface area contributed by atoms with Crippen molar-refractivity contribution in [1.29, 1.82) is 0 Å². The Morgan fingerprint density at radius 2 is 2.05 bits per heavy atom. The van der Waals surface area contributed by atoms with Gasteiger partial charge in [-0.1, -0.05) is 11.6 Å². The summed E-state index contributed by atoms with van der Waals surface area (Å²) >= 11 is 5.77. The maximum Gasteiger partial charge on any atom is 0.238 e. The number of benzene rings is 1. The Morgan fingerprint density at radius 3 is 2.68 bits per heavy atom. The Bertz CT molecular complexity index is 550. The average Bonchev–Trinajstić information content (AvgIpc) is 2.78. The molecule has 0 aliphatic rings. The van der Waals surface area contributed by atoms with Gasteiger partial charge in [0.15, 0.2) is 0 Å². The third-order valence-corrected chi connectivity index (χ3v) is 2.74. The first-order chi connectivity index (χ1) is 9.13. The van der Waals surface area contributed by atoms with E-state index in [1.165, 1.54) is 0 Å². The fraction of sp³-hybridized carbons (Fsp3) is 0.231. The van der Waals surface area contributed by atoms with E-state index in [0.717, 1.165) is 11.4 Å². The van der Waals surface area contributed by atoms with Gasteiger partial charge in [-0.2, -0.15) is 5.10 Å². The molecule has 2 N–H and O–H groups in total. The molecule has 19 heavy (non-hydrogen) atoms. The maximum absolute atomic E-state index is 11.7. The highest BCUT2D eigenvalue weighted by Gasteiger charge is 2.03. The van der Waals surface area contributed by atoms with E-state index in [2.05, 4.69) is 15.7 Å². The number of aryl methyl sites for hydroxylation is 1. The van der Waals surface area contributed by atoms with Crippen LogP contribution in [-0.4, -0.2) is 22.2 Å². The van der Waals surface area contributed by atoms with Crippen LogP contribution in [0.25, 0.3) is 0 Å². The highest BCUT2D eigenvalue weighted by Crippen LogP contribution is 2.12. The highest BCUT2D eigenvalue weighted by molar-refractivity contribution is 6.30. The molecule has 2 rings (SSSR count). The normalized spacial score (nSPS) is 10.4. The Hall–Kier alpha value is -1.85. The van der Waals surface area contributed by atoms with Crippen molar-refractivity contribution >= 4 is 23.2 Å². The van der Waals surface area contributed by atoms with Crippen LogP contribution < -0.4 is 10.6 Å². The number of nitrogens with one attached hydrogen (secondary N) is 2. The number of carbonyl (C=O) groups is 1. The second kappa shape index (κ2) is 6.36. The summed E-state index contributed by atoms with van der Waals surface area (Å²) in [6, 6.07) is 8.90. The molecule has 5 nitrogen and oxygen atoms in total. The number of halogens is 1. The SMILES string of the molecule is Cn1ccc(CNCC(=O)Nc2ccc(Cl)cc2)n1. The summed E-state index contributed by atoms with van der Waals surface area (Å²) in [6.07, 6.45) is 1.87. The van der Waals surface area contributed by atoms with Gasteiger partial charge in [-0.15, -0.1) is 0 Å². The quantitative estimate of drug-likeness (QED) is 0.877. The molecule has 0 saturated carbocycles. The van der Waals surface area contributed by atoms with Crippen molar-refractivity contribution in [2.75, 3.05) is 11.9 Å². The fourth-order valence-corrected chi connectivity index (χ4v) is 1.73. The number of aromatic nitrogens is 2. The molecule has 0 radical (unpaired) electrons. The molecule has 0 saturated heterocycles. The summed E-state index contributed by atoms with van der Waals surface area (Å²) in [4.78, 5) is 11.7. The van der Waals surface area contributed by atoms with Gasteiger partial charge < -0.3 is 10.6 Å². The Labute approximate surface area is 116 Å². The van der Waals surface area contributed by atoms with E-state index in [9.17, 15) is 4.79 Å². The van der Waals surface area contributed by atoms with Crippen LogP contribution in [-0.2, 0) is 18.4 Å². The minimum Gasteiger partial charge on any atom is -0.325 e. The van der Waals surface area contributed by atoms with Gasteiger partial charge in [0.2, 0.25) is 5.91 Å². The number of hydrogen-bond donors (Lipinski definition) is 2. The zero-order valence-corrected chi connectivity index (χ0v) is 11.3. The standard InChI is InChI=1S/C13H15ClN4O/c1-18-7-6-12(17-18)8-15-9-13(19)16-11-4-2-10(14)3-5-11/h2-7,15H,8-9H2,1H3,(H,16,19). The molecule has 0 atom stereocenters. The topological polar surface area (TPSA) is 59.0 Å². The molecule has 1 heterocycles. The Kier molecular flexibility index (Phi) is 4.54. The third kappa shape index (κ3) is 4.39. The van der Waals surface area contributed by atoms with Gasteiger partial charge in [-0.05, 0) is 30.3 Å². The zero-order valence-electron chi connectivity index (χ0n) is 10.6. The van der Waals surface area contributed by atoms with Crippen molar-refractivity contribution in [3.8, 4) is 0 Å². The van der Waals surface area contributed by atoms with E-state index in [0.29, 0.717) is 11.6 Å². The third-order valence-electron chi connectivity index (χ3n) is 2.49. The lowest BCUT2D eigenvalue weighted by Gasteiger charge is -2.05. The van der Waals surface area contributed by atoms with Gasteiger partial charge in [0.1, 0.15) is 0 Å². The first kappa shape index (κ1) is 13.6. The average molecular weight is 279 g/mol.